The van der Waals surface area contributed by atoms with Crippen LogP contribution in [0.25, 0.3) is 0 Å². The first-order valence-corrected chi connectivity index (χ1v) is 6.16. The fraction of sp³-hybridized carbons (Fsp3) is 1.00. The van der Waals surface area contributed by atoms with Gasteiger partial charge in [0.25, 0.3) is 0 Å². The molecule has 0 amide bonds. The van der Waals surface area contributed by atoms with Gasteiger partial charge in [-0.25, -0.2) is 8.42 Å². The maximum Gasteiger partial charge on any atom is 1.00 e. The van der Waals surface area contributed by atoms with Gasteiger partial charge in [-0.2, -0.15) is 0 Å². The van der Waals surface area contributed by atoms with Crippen LogP contribution in [0.15, 0.2) is 0 Å². The SMILES string of the molecule is O=[P+](O)NC1CCS(=O)(=O)C1.[H-].[Li+]. The first-order chi connectivity index (χ1) is 4.99. The summed E-state index contributed by atoms with van der Waals surface area (Å²) in [6.45, 7) is 0. The minimum atomic E-state index is -2.94. The molecule has 1 aliphatic rings. The molecule has 1 saturated heterocycles. The maximum absolute atomic E-state index is 10.8. The van der Waals surface area contributed by atoms with Gasteiger partial charge < -0.3 is 1.43 Å². The van der Waals surface area contributed by atoms with Gasteiger partial charge in [-0.15, -0.1) is 4.89 Å². The number of rotatable bonds is 2. The molecule has 0 aromatic rings. The molecule has 0 aliphatic carbocycles. The molecule has 66 valence electrons. The number of hydrogen-bond donors (Lipinski definition) is 2. The fourth-order valence-corrected chi connectivity index (χ4v) is 3.38. The molecule has 1 heterocycles. The zero-order chi connectivity index (χ0) is 8.48. The van der Waals surface area contributed by atoms with Crippen LogP contribution >= 0.6 is 8.18 Å². The molecule has 0 bridgehead atoms. The summed E-state index contributed by atoms with van der Waals surface area (Å²) in [7, 11) is -5.36. The summed E-state index contributed by atoms with van der Waals surface area (Å²) in [6, 6.07) is -0.339. The first kappa shape index (κ1) is 12.6. The van der Waals surface area contributed by atoms with Crippen molar-refractivity contribution in [1.29, 1.82) is 0 Å². The Morgan fingerprint density at radius 3 is 2.50 bits per heavy atom. The molecule has 0 spiro atoms. The van der Waals surface area contributed by atoms with Gasteiger partial charge in [-0.3, -0.25) is 0 Å². The molecule has 0 saturated carbocycles. The molecule has 2 atom stereocenters. The van der Waals surface area contributed by atoms with Gasteiger partial charge in [0.2, 0.25) is 0 Å². The van der Waals surface area contributed by atoms with E-state index in [-0.39, 0.29) is 37.8 Å². The molecule has 1 rings (SSSR count). The third-order valence-electron chi connectivity index (χ3n) is 1.53. The average Bonchev–Trinajstić information content (AvgIpc) is 2.08. The van der Waals surface area contributed by atoms with Crippen LogP contribution in [0.4, 0.5) is 0 Å². The summed E-state index contributed by atoms with van der Waals surface area (Å²) in [5, 5.41) is 2.28. The zero-order valence-electron chi connectivity index (χ0n) is 7.73. The Balaban J connectivity index is 0. The van der Waals surface area contributed by atoms with Crippen molar-refractivity contribution >= 4 is 18.0 Å². The Morgan fingerprint density at radius 1 is 1.58 bits per heavy atom. The van der Waals surface area contributed by atoms with Crippen LogP contribution in [0.1, 0.15) is 7.85 Å². The average molecular weight is 206 g/mol. The summed E-state index contributed by atoms with van der Waals surface area (Å²) < 4.78 is 31.8. The van der Waals surface area contributed by atoms with E-state index in [1.165, 1.54) is 0 Å². The topological polar surface area (TPSA) is 83.5 Å². The first-order valence-electron chi connectivity index (χ1n) is 3.12. The Morgan fingerprint density at radius 2 is 2.17 bits per heavy atom. The van der Waals surface area contributed by atoms with Crippen LogP contribution in [-0.2, 0) is 14.4 Å². The summed E-state index contributed by atoms with van der Waals surface area (Å²) in [5.74, 6) is 0.0997. The fourth-order valence-electron chi connectivity index (χ4n) is 1.05. The Labute approximate surface area is 85.4 Å². The summed E-state index contributed by atoms with van der Waals surface area (Å²) in [4.78, 5) is 8.39. The van der Waals surface area contributed by atoms with E-state index in [0.717, 1.165) is 0 Å². The number of nitrogens with one attached hydrogen (secondary N) is 1. The van der Waals surface area contributed by atoms with Gasteiger partial charge in [0.1, 0.15) is 0 Å². The predicted molar refractivity (Wildman–Crippen MR) is 41.1 cm³/mol. The molecule has 2 N–H and O–H groups in total. The predicted octanol–water partition coefficient (Wildman–Crippen LogP) is -3.47. The van der Waals surface area contributed by atoms with E-state index >= 15 is 0 Å². The number of sulfone groups is 1. The molecule has 12 heavy (non-hydrogen) atoms. The van der Waals surface area contributed by atoms with Crippen LogP contribution in [0.3, 0.4) is 0 Å². The molecule has 1 fully saturated rings. The molecule has 1 aliphatic heterocycles. The Hall–Kier alpha value is 0.567. The van der Waals surface area contributed by atoms with E-state index < -0.39 is 18.0 Å². The summed E-state index contributed by atoms with van der Waals surface area (Å²) in [6.07, 6.45) is 0.434. The van der Waals surface area contributed by atoms with Gasteiger partial charge in [-0.1, -0.05) is 5.09 Å². The smallest absolute Gasteiger partial charge is 1.00 e. The second-order valence-electron chi connectivity index (χ2n) is 2.50. The monoisotopic (exact) mass is 206 g/mol. The van der Waals surface area contributed by atoms with E-state index in [9.17, 15) is 13.0 Å². The van der Waals surface area contributed by atoms with Crippen molar-refractivity contribution < 1.29 is 38.2 Å². The molecule has 0 aromatic carbocycles. The summed E-state index contributed by atoms with van der Waals surface area (Å²) >= 11 is 0. The van der Waals surface area contributed by atoms with Crippen molar-refractivity contribution in [2.75, 3.05) is 11.5 Å². The second kappa shape index (κ2) is 4.71. The Kier molecular flexibility index (Phi) is 4.93. The minimum absolute atomic E-state index is 0. The van der Waals surface area contributed by atoms with Gasteiger partial charge in [0.15, 0.2) is 9.84 Å². The quantitative estimate of drug-likeness (QED) is 0.362. The standard InChI is InChI=1S/C4H8NO4PS.Li.H/c6-10(7)5-4-1-2-11(8,9)3-4;;/h4H,1-3H2,(H-,5,6,7);;/q;+1;-1/p+1. The van der Waals surface area contributed by atoms with Gasteiger partial charge in [0.05, 0.1) is 17.5 Å². The molecular weight excluding hydrogens is 196 g/mol. The van der Waals surface area contributed by atoms with Crippen LogP contribution in [0.2, 0.25) is 0 Å². The molecule has 0 aromatic heterocycles. The van der Waals surface area contributed by atoms with Gasteiger partial charge in [0, 0.05) is 0 Å². The van der Waals surface area contributed by atoms with E-state index in [1.54, 1.807) is 0 Å². The van der Waals surface area contributed by atoms with E-state index in [4.69, 9.17) is 4.89 Å². The van der Waals surface area contributed by atoms with E-state index in [1.807, 2.05) is 0 Å². The number of hydrogen-bond acceptors (Lipinski definition) is 3. The van der Waals surface area contributed by atoms with Crippen molar-refractivity contribution in [2.45, 2.75) is 12.5 Å². The van der Waals surface area contributed by atoms with Crippen molar-refractivity contribution in [3.8, 4) is 0 Å². The molecular formula is C4H10LiNO4PS+. The normalized spacial score (nSPS) is 27.8. The van der Waals surface area contributed by atoms with E-state index in [2.05, 4.69) is 5.09 Å². The zero-order valence-corrected chi connectivity index (χ0v) is 8.44. The van der Waals surface area contributed by atoms with Crippen LogP contribution in [0, 0.1) is 0 Å². The van der Waals surface area contributed by atoms with Crippen LogP contribution in [0.5, 0.6) is 0 Å². The molecule has 5 nitrogen and oxygen atoms in total. The van der Waals surface area contributed by atoms with Crippen molar-refractivity contribution in [2.24, 2.45) is 0 Å². The van der Waals surface area contributed by atoms with Crippen molar-refractivity contribution in [3.05, 3.63) is 0 Å². The molecule has 2 unspecified atom stereocenters. The van der Waals surface area contributed by atoms with Gasteiger partial charge >= 0.3 is 27.0 Å². The largest absolute Gasteiger partial charge is 1.00 e. The van der Waals surface area contributed by atoms with Crippen molar-refractivity contribution in [1.82, 2.24) is 5.09 Å². The van der Waals surface area contributed by atoms with Crippen molar-refractivity contribution in [3.63, 3.8) is 0 Å². The third-order valence-corrected chi connectivity index (χ3v) is 3.88. The van der Waals surface area contributed by atoms with E-state index in [0.29, 0.717) is 6.42 Å². The van der Waals surface area contributed by atoms with Crippen LogP contribution in [-0.4, -0.2) is 30.9 Å². The third kappa shape index (κ3) is 3.99. The second-order valence-corrected chi connectivity index (χ2v) is 5.53. The maximum atomic E-state index is 10.8. The Bertz CT molecular complexity index is 271. The summed E-state index contributed by atoms with van der Waals surface area (Å²) in [5.41, 5.74) is 0. The molecule has 0 radical (unpaired) electrons. The van der Waals surface area contributed by atoms with Crippen LogP contribution < -0.4 is 23.9 Å². The van der Waals surface area contributed by atoms with Gasteiger partial charge in [-0.05, 0) is 11.0 Å². The molecule has 8 heteroatoms. The minimum Gasteiger partial charge on any atom is -1.00 e.